The standard InChI is InChI=1S/C20H23N5OS/c1-12-6-8-17(14(3)10-12)21-19(26)16(5)27-20-22-23-24-25(20)18-9-7-13(2)11-15(18)4/h6-11,16H,1-5H3,(H,21,26)/t16-/m1/s1. The van der Waals surface area contributed by atoms with Crippen molar-refractivity contribution in [2.45, 2.75) is 45.0 Å². The van der Waals surface area contributed by atoms with Crippen LogP contribution in [0.15, 0.2) is 41.6 Å². The lowest BCUT2D eigenvalue weighted by atomic mass is 10.1. The Labute approximate surface area is 163 Å². The SMILES string of the molecule is Cc1ccc(NC(=O)[C@@H](C)Sc2nnnn2-c2ccc(C)cc2C)c(C)c1. The second-order valence-corrected chi connectivity index (χ2v) is 8.04. The van der Waals surface area contributed by atoms with Crippen molar-refractivity contribution in [2.75, 3.05) is 5.32 Å². The van der Waals surface area contributed by atoms with Gasteiger partial charge in [0.2, 0.25) is 11.1 Å². The van der Waals surface area contributed by atoms with E-state index in [2.05, 4.69) is 26.9 Å². The number of carbonyl (C=O) groups is 1. The van der Waals surface area contributed by atoms with E-state index < -0.39 is 0 Å². The van der Waals surface area contributed by atoms with Crippen LogP contribution in [0.2, 0.25) is 0 Å². The largest absolute Gasteiger partial charge is 0.325 e. The average molecular weight is 382 g/mol. The zero-order chi connectivity index (χ0) is 19.6. The molecule has 0 saturated carbocycles. The lowest BCUT2D eigenvalue weighted by molar-refractivity contribution is -0.115. The second kappa shape index (κ2) is 7.92. The highest BCUT2D eigenvalue weighted by molar-refractivity contribution is 8.00. The Morgan fingerprint density at radius 2 is 1.70 bits per heavy atom. The third kappa shape index (κ3) is 4.36. The van der Waals surface area contributed by atoms with Crippen molar-refractivity contribution in [3.05, 3.63) is 58.7 Å². The molecule has 0 fully saturated rings. The van der Waals surface area contributed by atoms with Gasteiger partial charge < -0.3 is 5.32 Å². The summed E-state index contributed by atoms with van der Waals surface area (Å²) in [7, 11) is 0. The Bertz CT molecular complexity index is 982. The number of tetrazole rings is 1. The van der Waals surface area contributed by atoms with Crippen molar-refractivity contribution in [1.82, 2.24) is 20.2 Å². The number of carbonyl (C=O) groups excluding carboxylic acids is 1. The summed E-state index contributed by atoms with van der Waals surface area (Å²) in [6.45, 7) is 9.94. The zero-order valence-corrected chi connectivity index (χ0v) is 17.0. The van der Waals surface area contributed by atoms with Gasteiger partial charge in [0.15, 0.2) is 0 Å². The zero-order valence-electron chi connectivity index (χ0n) is 16.1. The molecule has 1 heterocycles. The van der Waals surface area contributed by atoms with Crippen LogP contribution in [0.5, 0.6) is 0 Å². The highest BCUT2D eigenvalue weighted by atomic mass is 32.2. The first-order chi connectivity index (χ1) is 12.8. The summed E-state index contributed by atoms with van der Waals surface area (Å²) in [5.74, 6) is -0.0814. The summed E-state index contributed by atoms with van der Waals surface area (Å²) in [5.41, 5.74) is 6.21. The van der Waals surface area contributed by atoms with Crippen molar-refractivity contribution in [3.63, 3.8) is 0 Å². The number of thioether (sulfide) groups is 1. The van der Waals surface area contributed by atoms with Crippen molar-refractivity contribution >= 4 is 23.4 Å². The minimum Gasteiger partial charge on any atom is -0.325 e. The first-order valence-corrected chi connectivity index (χ1v) is 9.64. The maximum atomic E-state index is 12.6. The van der Waals surface area contributed by atoms with Gasteiger partial charge in [-0.05, 0) is 68.3 Å². The molecule has 0 saturated heterocycles. The molecule has 1 atom stereocenters. The van der Waals surface area contributed by atoms with Crippen LogP contribution in [0.4, 0.5) is 5.69 Å². The molecule has 0 unspecified atom stereocenters. The van der Waals surface area contributed by atoms with E-state index in [4.69, 9.17) is 0 Å². The van der Waals surface area contributed by atoms with Crippen molar-refractivity contribution in [2.24, 2.45) is 0 Å². The van der Waals surface area contributed by atoms with Crippen LogP contribution < -0.4 is 5.32 Å². The van der Waals surface area contributed by atoms with Crippen molar-refractivity contribution in [1.29, 1.82) is 0 Å². The molecule has 1 aromatic heterocycles. The van der Waals surface area contributed by atoms with Crippen LogP contribution in [-0.4, -0.2) is 31.4 Å². The Morgan fingerprint density at radius 3 is 2.37 bits per heavy atom. The molecule has 7 heteroatoms. The van der Waals surface area contributed by atoms with Crippen molar-refractivity contribution in [3.8, 4) is 5.69 Å². The van der Waals surface area contributed by atoms with Gasteiger partial charge in [0.1, 0.15) is 0 Å². The number of anilines is 1. The molecular weight excluding hydrogens is 358 g/mol. The topological polar surface area (TPSA) is 72.7 Å². The smallest absolute Gasteiger partial charge is 0.237 e. The van der Waals surface area contributed by atoms with Crippen LogP contribution in [0.25, 0.3) is 5.69 Å². The fourth-order valence-electron chi connectivity index (χ4n) is 2.85. The van der Waals surface area contributed by atoms with Gasteiger partial charge in [0.25, 0.3) is 0 Å². The number of nitrogens with one attached hydrogen (secondary N) is 1. The van der Waals surface area contributed by atoms with Gasteiger partial charge in [-0.1, -0.05) is 47.2 Å². The number of nitrogens with zero attached hydrogens (tertiary/aromatic N) is 4. The minimum atomic E-state index is -0.346. The molecular formula is C20H23N5OS. The molecule has 2 aromatic carbocycles. The van der Waals surface area contributed by atoms with Crippen LogP contribution >= 0.6 is 11.8 Å². The fourth-order valence-corrected chi connectivity index (χ4v) is 3.65. The van der Waals surface area contributed by atoms with Gasteiger partial charge in [-0.15, -0.1) is 5.10 Å². The van der Waals surface area contributed by atoms with Gasteiger partial charge in [0, 0.05) is 5.69 Å². The molecule has 3 rings (SSSR count). The quantitative estimate of drug-likeness (QED) is 0.676. The van der Waals surface area contributed by atoms with Crippen LogP contribution in [0.1, 0.15) is 29.2 Å². The molecule has 0 spiro atoms. The molecule has 0 aliphatic heterocycles. The number of benzene rings is 2. The molecule has 0 bridgehead atoms. The number of aromatic nitrogens is 4. The number of aryl methyl sites for hydroxylation is 4. The van der Waals surface area contributed by atoms with Gasteiger partial charge in [0.05, 0.1) is 10.9 Å². The van der Waals surface area contributed by atoms with Crippen LogP contribution in [-0.2, 0) is 4.79 Å². The van der Waals surface area contributed by atoms with E-state index in [1.807, 2.05) is 65.0 Å². The first kappa shape index (κ1) is 19.1. The molecule has 1 amide bonds. The summed E-state index contributed by atoms with van der Waals surface area (Å²) in [4.78, 5) is 12.6. The Hall–Kier alpha value is -2.67. The number of hydrogen-bond acceptors (Lipinski definition) is 5. The van der Waals surface area contributed by atoms with E-state index in [9.17, 15) is 4.79 Å². The predicted octanol–water partition coefficient (Wildman–Crippen LogP) is 4.02. The molecule has 3 aromatic rings. The summed E-state index contributed by atoms with van der Waals surface area (Å²) >= 11 is 1.34. The van der Waals surface area contributed by atoms with Crippen LogP contribution in [0.3, 0.4) is 0 Å². The summed E-state index contributed by atoms with van der Waals surface area (Å²) in [6.07, 6.45) is 0. The van der Waals surface area contributed by atoms with E-state index in [1.165, 1.54) is 22.9 Å². The summed E-state index contributed by atoms with van der Waals surface area (Å²) in [5, 5.41) is 15.2. The highest BCUT2D eigenvalue weighted by Gasteiger charge is 2.20. The van der Waals surface area contributed by atoms with Crippen LogP contribution in [0, 0.1) is 27.7 Å². The maximum absolute atomic E-state index is 12.6. The minimum absolute atomic E-state index is 0.0814. The summed E-state index contributed by atoms with van der Waals surface area (Å²) < 4.78 is 1.68. The molecule has 0 aliphatic carbocycles. The lowest BCUT2D eigenvalue weighted by Crippen LogP contribution is -2.23. The van der Waals surface area contributed by atoms with Gasteiger partial charge >= 0.3 is 0 Å². The third-order valence-electron chi connectivity index (χ3n) is 4.31. The monoisotopic (exact) mass is 381 g/mol. The molecule has 1 N–H and O–H groups in total. The Balaban J connectivity index is 1.76. The second-order valence-electron chi connectivity index (χ2n) is 6.73. The summed E-state index contributed by atoms with van der Waals surface area (Å²) in [6, 6.07) is 12.1. The highest BCUT2D eigenvalue weighted by Crippen LogP contribution is 2.26. The maximum Gasteiger partial charge on any atom is 0.237 e. The first-order valence-electron chi connectivity index (χ1n) is 8.76. The fraction of sp³-hybridized carbons (Fsp3) is 0.300. The normalized spacial score (nSPS) is 12.0. The van der Waals surface area contributed by atoms with Gasteiger partial charge in [-0.2, -0.15) is 4.68 Å². The van der Waals surface area contributed by atoms with Gasteiger partial charge in [-0.3, -0.25) is 4.79 Å². The molecule has 27 heavy (non-hydrogen) atoms. The Morgan fingerprint density at radius 1 is 1.04 bits per heavy atom. The van der Waals surface area contributed by atoms with E-state index >= 15 is 0 Å². The number of hydrogen-bond donors (Lipinski definition) is 1. The molecule has 0 radical (unpaired) electrons. The average Bonchev–Trinajstić information content (AvgIpc) is 3.05. The molecule has 0 aliphatic rings. The van der Waals surface area contributed by atoms with E-state index in [0.717, 1.165) is 22.5 Å². The van der Waals surface area contributed by atoms with Gasteiger partial charge in [-0.25, -0.2) is 0 Å². The molecule has 6 nitrogen and oxygen atoms in total. The lowest BCUT2D eigenvalue weighted by Gasteiger charge is -2.14. The van der Waals surface area contributed by atoms with E-state index in [0.29, 0.717) is 5.16 Å². The van der Waals surface area contributed by atoms with Crippen molar-refractivity contribution < 1.29 is 4.79 Å². The van der Waals surface area contributed by atoms with E-state index in [1.54, 1.807) is 4.68 Å². The number of amides is 1. The predicted molar refractivity (Wildman–Crippen MR) is 108 cm³/mol. The third-order valence-corrected chi connectivity index (χ3v) is 5.35. The molecule has 140 valence electrons. The van der Waals surface area contributed by atoms with E-state index in [-0.39, 0.29) is 11.2 Å². The Kier molecular flexibility index (Phi) is 5.60. The number of rotatable bonds is 5.